The number of carbonyl (C=O) groups excluding carboxylic acids is 2. The molecule has 0 saturated heterocycles. The minimum absolute atomic E-state index is 0.0418. The number of nitrogens with two attached hydrogens (primary N) is 4. The molecule has 1 aromatic carbocycles. The van der Waals surface area contributed by atoms with Crippen LogP contribution in [0.2, 0.25) is 0 Å². The van der Waals surface area contributed by atoms with Crippen LogP contribution in [0.4, 0.5) is 0 Å². The summed E-state index contributed by atoms with van der Waals surface area (Å²) in [4.78, 5) is 30.3. The van der Waals surface area contributed by atoms with Crippen molar-refractivity contribution in [2.75, 3.05) is 52.5 Å². The van der Waals surface area contributed by atoms with Crippen LogP contribution in [0.25, 0.3) is 0 Å². The van der Waals surface area contributed by atoms with Gasteiger partial charge in [0, 0.05) is 26.2 Å². The SMILES string of the molecule is CCCCCCCCCN(CCCOc1ccc(OCCCN(CCCCCCCCC)C(=O)[C@@H](N)CCCCN)cc1)C(=O)[C@@H](N)CCCCN. The molecule has 0 radical (unpaired) electrons. The fourth-order valence-corrected chi connectivity index (χ4v) is 6.44. The topological polar surface area (TPSA) is 163 Å². The number of rotatable bonds is 36. The molecular weight excluding hydrogens is 652 g/mol. The van der Waals surface area contributed by atoms with Crippen molar-refractivity contribution in [2.24, 2.45) is 22.9 Å². The van der Waals surface area contributed by atoms with E-state index in [4.69, 9.17) is 32.4 Å². The molecule has 0 saturated carbocycles. The Morgan fingerprint density at radius 1 is 0.500 bits per heavy atom. The Labute approximate surface area is 318 Å². The summed E-state index contributed by atoms with van der Waals surface area (Å²) in [5, 5.41) is 0. The molecule has 1 rings (SSSR count). The second kappa shape index (κ2) is 33.2. The van der Waals surface area contributed by atoms with Gasteiger partial charge in [-0.15, -0.1) is 0 Å². The molecule has 0 heterocycles. The minimum atomic E-state index is -0.470. The molecule has 0 spiro atoms. The van der Waals surface area contributed by atoms with E-state index >= 15 is 0 Å². The summed E-state index contributed by atoms with van der Waals surface area (Å²) in [5.41, 5.74) is 23.9. The predicted octanol–water partition coefficient (Wildman–Crippen LogP) is 7.30. The molecule has 10 heteroatoms. The van der Waals surface area contributed by atoms with E-state index in [0.29, 0.717) is 52.2 Å². The Kier molecular flexibility index (Phi) is 30.4. The average Bonchev–Trinajstić information content (AvgIpc) is 3.15. The number of benzene rings is 1. The van der Waals surface area contributed by atoms with Crippen molar-refractivity contribution in [3.05, 3.63) is 24.3 Å². The predicted molar refractivity (Wildman–Crippen MR) is 218 cm³/mol. The van der Waals surface area contributed by atoms with Crippen LogP contribution in [0, 0.1) is 0 Å². The van der Waals surface area contributed by atoms with Crippen LogP contribution in [0.15, 0.2) is 24.3 Å². The van der Waals surface area contributed by atoms with Gasteiger partial charge in [0.1, 0.15) is 11.5 Å². The third kappa shape index (κ3) is 24.0. The lowest BCUT2D eigenvalue weighted by molar-refractivity contribution is -0.133. The maximum atomic E-state index is 13.2. The van der Waals surface area contributed by atoms with Crippen LogP contribution in [-0.4, -0.2) is 86.2 Å². The summed E-state index contributed by atoms with van der Waals surface area (Å²) in [6.07, 6.45) is 23.3. The first-order chi connectivity index (χ1) is 25.4. The lowest BCUT2D eigenvalue weighted by Gasteiger charge is -2.26. The highest BCUT2D eigenvalue weighted by Crippen LogP contribution is 2.19. The van der Waals surface area contributed by atoms with Gasteiger partial charge in [0.05, 0.1) is 25.3 Å². The lowest BCUT2D eigenvalue weighted by Crippen LogP contribution is -2.45. The maximum absolute atomic E-state index is 13.2. The zero-order chi connectivity index (χ0) is 38.1. The standard InChI is InChI=1S/C42H80N6O4/c1-3-5-7-9-11-13-19-31-47(41(49)39(45)23-15-17-29-43)33-21-35-51-37-25-27-38(28-26-37)52-36-22-34-48(32-20-14-12-10-8-6-4-2)42(50)40(46)24-16-18-30-44/h25-28,39-40H,3-24,29-36,43-46H2,1-2H3/t39-,40-/m0/s1. The van der Waals surface area contributed by atoms with E-state index < -0.39 is 12.1 Å². The zero-order valence-corrected chi connectivity index (χ0v) is 33.5. The van der Waals surface area contributed by atoms with Crippen LogP contribution in [-0.2, 0) is 9.59 Å². The molecule has 0 aliphatic heterocycles. The zero-order valence-electron chi connectivity index (χ0n) is 33.5. The van der Waals surface area contributed by atoms with Crippen molar-refractivity contribution < 1.29 is 19.1 Å². The van der Waals surface area contributed by atoms with E-state index in [2.05, 4.69) is 13.8 Å². The summed E-state index contributed by atoms with van der Waals surface area (Å²) in [6, 6.07) is 6.73. The summed E-state index contributed by atoms with van der Waals surface area (Å²) < 4.78 is 12.0. The van der Waals surface area contributed by atoms with Crippen molar-refractivity contribution in [2.45, 2.75) is 167 Å². The van der Waals surface area contributed by atoms with Gasteiger partial charge in [0.2, 0.25) is 11.8 Å². The van der Waals surface area contributed by atoms with Crippen molar-refractivity contribution in [3.63, 3.8) is 0 Å². The summed E-state index contributed by atoms with van der Waals surface area (Å²) in [7, 11) is 0. The number of nitrogens with zero attached hydrogens (tertiary/aromatic N) is 2. The van der Waals surface area contributed by atoms with Crippen LogP contribution in [0.1, 0.15) is 155 Å². The van der Waals surface area contributed by atoms with E-state index in [1.165, 1.54) is 64.2 Å². The Hall–Kier alpha value is -2.40. The van der Waals surface area contributed by atoms with Gasteiger partial charge in [-0.1, -0.05) is 104 Å². The molecule has 10 nitrogen and oxygen atoms in total. The lowest BCUT2D eigenvalue weighted by atomic mass is 10.1. The molecule has 0 aliphatic carbocycles. The smallest absolute Gasteiger partial charge is 0.239 e. The average molecular weight is 733 g/mol. The summed E-state index contributed by atoms with van der Waals surface area (Å²) >= 11 is 0. The summed E-state index contributed by atoms with van der Waals surface area (Å²) in [5.74, 6) is 1.62. The second-order valence-electron chi connectivity index (χ2n) is 14.6. The van der Waals surface area contributed by atoms with Crippen molar-refractivity contribution >= 4 is 11.8 Å². The normalized spacial score (nSPS) is 12.4. The van der Waals surface area contributed by atoms with E-state index in [1.807, 2.05) is 34.1 Å². The number of ether oxygens (including phenoxy) is 2. The molecule has 0 fully saturated rings. The van der Waals surface area contributed by atoms with Gasteiger partial charge in [-0.3, -0.25) is 9.59 Å². The van der Waals surface area contributed by atoms with E-state index in [9.17, 15) is 9.59 Å². The number of carbonyl (C=O) groups is 2. The van der Waals surface area contributed by atoms with Crippen molar-refractivity contribution in [1.82, 2.24) is 9.80 Å². The molecular formula is C42H80N6O4. The number of hydrogen-bond donors (Lipinski definition) is 4. The van der Waals surface area contributed by atoms with Crippen molar-refractivity contribution in [1.29, 1.82) is 0 Å². The van der Waals surface area contributed by atoms with E-state index in [0.717, 1.165) is 88.8 Å². The quantitative estimate of drug-likeness (QED) is 0.0523. The number of amides is 2. The van der Waals surface area contributed by atoms with Crippen LogP contribution in [0.3, 0.4) is 0 Å². The first kappa shape index (κ1) is 47.6. The Morgan fingerprint density at radius 2 is 0.827 bits per heavy atom. The molecule has 0 aliphatic rings. The molecule has 8 N–H and O–H groups in total. The molecule has 52 heavy (non-hydrogen) atoms. The summed E-state index contributed by atoms with van der Waals surface area (Å²) in [6.45, 7) is 9.51. The van der Waals surface area contributed by atoms with Crippen LogP contribution in [0.5, 0.6) is 11.5 Å². The molecule has 0 aromatic heterocycles. The Morgan fingerprint density at radius 3 is 1.17 bits per heavy atom. The maximum Gasteiger partial charge on any atom is 0.239 e. The highest BCUT2D eigenvalue weighted by molar-refractivity contribution is 5.82. The Bertz CT molecular complexity index is 905. The van der Waals surface area contributed by atoms with Crippen LogP contribution < -0.4 is 32.4 Å². The van der Waals surface area contributed by atoms with Gasteiger partial charge < -0.3 is 42.2 Å². The molecule has 1 aromatic rings. The monoisotopic (exact) mass is 733 g/mol. The Balaban J connectivity index is 2.52. The largest absolute Gasteiger partial charge is 0.494 e. The molecule has 302 valence electrons. The van der Waals surface area contributed by atoms with Crippen LogP contribution >= 0.6 is 0 Å². The van der Waals surface area contributed by atoms with E-state index in [1.54, 1.807) is 0 Å². The first-order valence-electron chi connectivity index (χ1n) is 21.2. The third-order valence-electron chi connectivity index (χ3n) is 9.77. The highest BCUT2D eigenvalue weighted by atomic mass is 16.5. The molecule has 2 atom stereocenters. The van der Waals surface area contributed by atoms with E-state index in [-0.39, 0.29) is 11.8 Å². The van der Waals surface area contributed by atoms with Crippen molar-refractivity contribution in [3.8, 4) is 11.5 Å². The van der Waals surface area contributed by atoms with Gasteiger partial charge in [-0.25, -0.2) is 0 Å². The highest BCUT2D eigenvalue weighted by Gasteiger charge is 2.21. The van der Waals surface area contributed by atoms with Gasteiger partial charge in [-0.2, -0.15) is 0 Å². The van der Waals surface area contributed by atoms with Gasteiger partial charge in [0.25, 0.3) is 0 Å². The minimum Gasteiger partial charge on any atom is -0.494 e. The molecule has 0 bridgehead atoms. The number of unbranched alkanes of at least 4 members (excludes halogenated alkanes) is 14. The van der Waals surface area contributed by atoms with Gasteiger partial charge in [0.15, 0.2) is 0 Å². The second-order valence-corrected chi connectivity index (χ2v) is 14.6. The fourth-order valence-electron chi connectivity index (χ4n) is 6.44. The third-order valence-corrected chi connectivity index (χ3v) is 9.77. The number of hydrogen-bond acceptors (Lipinski definition) is 8. The van der Waals surface area contributed by atoms with Gasteiger partial charge >= 0.3 is 0 Å². The molecule has 0 unspecified atom stereocenters. The van der Waals surface area contributed by atoms with Gasteiger partial charge in [-0.05, 0) is 88.7 Å². The first-order valence-corrected chi connectivity index (χ1v) is 21.2. The fraction of sp³-hybridized carbons (Fsp3) is 0.810. The molecule has 2 amide bonds.